The van der Waals surface area contributed by atoms with Crippen molar-refractivity contribution in [3.63, 3.8) is 0 Å². The van der Waals surface area contributed by atoms with Crippen LogP contribution in [-0.2, 0) is 11.2 Å². The largest absolute Gasteiger partial charge is 0.492 e. The van der Waals surface area contributed by atoms with Crippen molar-refractivity contribution in [3.8, 4) is 11.8 Å². The molecule has 3 aromatic rings. The lowest BCUT2D eigenvalue weighted by molar-refractivity contribution is -0.135. The monoisotopic (exact) mass is 510 g/mol. The number of H-pyrrole nitrogens is 1. The molecule has 6 nitrogen and oxygen atoms in total. The van der Waals surface area contributed by atoms with Gasteiger partial charge in [-0.15, -0.1) is 0 Å². The number of aromatic nitrogens is 1. The topological polar surface area (TPSA) is 72.4 Å². The summed E-state index contributed by atoms with van der Waals surface area (Å²) in [5, 5.41) is 9.96. The molecule has 0 spiro atoms. The molecule has 1 N–H and O–H groups in total. The number of amides is 1. The summed E-state index contributed by atoms with van der Waals surface area (Å²) in [6.07, 6.45) is 0.518. The molecule has 37 heavy (non-hydrogen) atoms. The second-order valence-electron chi connectivity index (χ2n) is 9.91. The van der Waals surface area contributed by atoms with Crippen LogP contribution in [0, 0.1) is 28.9 Å². The van der Waals surface area contributed by atoms with Crippen LogP contribution in [-0.4, -0.2) is 59.6 Å². The highest BCUT2D eigenvalue weighted by Gasteiger charge is 2.41. The zero-order valence-corrected chi connectivity index (χ0v) is 20.6. The van der Waals surface area contributed by atoms with Gasteiger partial charge in [0, 0.05) is 73.2 Å². The van der Waals surface area contributed by atoms with E-state index in [1.807, 2.05) is 42.2 Å². The van der Waals surface area contributed by atoms with Crippen molar-refractivity contribution in [2.75, 3.05) is 32.9 Å². The summed E-state index contributed by atoms with van der Waals surface area (Å²) >= 11 is 0. The summed E-state index contributed by atoms with van der Waals surface area (Å²) in [6.45, 7) is 3.60. The van der Waals surface area contributed by atoms with Gasteiger partial charge in [0.05, 0.1) is 18.3 Å². The highest BCUT2D eigenvalue weighted by molar-refractivity contribution is 5.87. The smallest absolute Gasteiger partial charge is 0.224 e. The van der Waals surface area contributed by atoms with Crippen LogP contribution in [0.4, 0.5) is 13.2 Å². The Labute approximate surface area is 213 Å². The first-order valence-electron chi connectivity index (χ1n) is 12.6. The van der Waals surface area contributed by atoms with E-state index < -0.39 is 17.7 Å². The van der Waals surface area contributed by atoms with Crippen molar-refractivity contribution in [1.29, 1.82) is 5.26 Å². The Bertz CT molecular complexity index is 1320. The number of hydrogen-bond donors (Lipinski definition) is 1. The van der Waals surface area contributed by atoms with Crippen molar-refractivity contribution in [3.05, 3.63) is 64.9 Å². The van der Waals surface area contributed by atoms with Crippen LogP contribution in [0.1, 0.15) is 42.6 Å². The molecule has 194 valence electrons. The molecule has 0 saturated carbocycles. The van der Waals surface area contributed by atoms with Crippen molar-refractivity contribution in [2.45, 2.75) is 38.3 Å². The number of fused-ring (bicyclic) bond motifs is 3. The van der Waals surface area contributed by atoms with Gasteiger partial charge in [-0.05, 0) is 25.0 Å². The first kappa shape index (κ1) is 25.2. The summed E-state index contributed by atoms with van der Waals surface area (Å²) in [5.74, 6) is -1.83. The highest BCUT2D eigenvalue weighted by Crippen LogP contribution is 2.43. The quantitative estimate of drug-likeness (QED) is 0.468. The van der Waals surface area contributed by atoms with Gasteiger partial charge in [0.25, 0.3) is 0 Å². The van der Waals surface area contributed by atoms with E-state index >= 15 is 8.78 Å². The fourth-order valence-electron chi connectivity index (χ4n) is 5.58. The normalized spacial score (nSPS) is 19.9. The number of likely N-dealkylation sites (tertiary alicyclic amines) is 1. The molecule has 0 unspecified atom stereocenters. The van der Waals surface area contributed by atoms with Crippen molar-refractivity contribution in [1.82, 2.24) is 14.8 Å². The number of para-hydroxylation sites is 1. The van der Waals surface area contributed by atoms with Crippen LogP contribution < -0.4 is 4.74 Å². The van der Waals surface area contributed by atoms with E-state index in [1.165, 1.54) is 4.90 Å². The minimum atomic E-state index is -1.01. The van der Waals surface area contributed by atoms with Crippen molar-refractivity contribution in [2.24, 2.45) is 5.92 Å². The van der Waals surface area contributed by atoms with E-state index in [4.69, 9.17) is 10.00 Å². The van der Waals surface area contributed by atoms with Crippen LogP contribution in [0.25, 0.3) is 10.9 Å². The van der Waals surface area contributed by atoms with Crippen LogP contribution in [0.5, 0.6) is 5.75 Å². The number of benzene rings is 2. The zero-order chi connectivity index (χ0) is 26.1. The molecule has 0 radical (unpaired) electrons. The van der Waals surface area contributed by atoms with E-state index in [1.54, 1.807) is 0 Å². The molecule has 0 aliphatic carbocycles. The molecule has 3 heterocycles. The molecule has 2 aromatic carbocycles. The lowest BCUT2D eigenvalue weighted by atomic mass is 9.87. The average Bonchev–Trinajstić information content (AvgIpc) is 3.21. The Hall–Kier alpha value is -3.51. The Morgan fingerprint density at radius 3 is 2.65 bits per heavy atom. The number of aromatic amines is 1. The number of carbonyl (C=O) groups excluding carboxylic acids is 1. The maximum absolute atomic E-state index is 15.6. The molecule has 1 amide bonds. The van der Waals surface area contributed by atoms with E-state index in [9.17, 15) is 9.18 Å². The van der Waals surface area contributed by atoms with Crippen LogP contribution in [0.15, 0.2) is 36.4 Å². The van der Waals surface area contributed by atoms with Crippen LogP contribution in [0.2, 0.25) is 0 Å². The molecule has 2 atom stereocenters. The standard InChI is InChI=1S/C28H29F3N4O2/c1-17-11-21-20-5-2-3-6-24(20)33-27(21)28(35(17)25(36)7-4-8-32)26-22(30)12-19(13-23(26)31)37-10-9-34-15-18(14-29)16-34/h2-3,5-6,12-13,17-18,28,33H,4,7,9-11,14-16H2,1H3/t17-,28-/m1/s1. The maximum atomic E-state index is 15.6. The van der Waals surface area contributed by atoms with E-state index in [-0.39, 0.29) is 55.3 Å². The molecule has 9 heteroatoms. The number of nitriles is 1. The fraction of sp³-hybridized carbons (Fsp3) is 0.429. The second kappa shape index (κ2) is 10.5. The van der Waals surface area contributed by atoms with Gasteiger partial charge in [-0.2, -0.15) is 5.26 Å². The number of nitrogens with one attached hydrogen (secondary N) is 1. The third-order valence-electron chi connectivity index (χ3n) is 7.36. The van der Waals surface area contributed by atoms with E-state index in [0.717, 1.165) is 28.6 Å². The number of rotatable bonds is 8. The number of carbonyl (C=O) groups is 1. The van der Waals surface area contributed by atoms with Gasteiger partial charge in [0.15, 0.2) is 0 Å². The summed E-state index contributed by atoms with van der Waals surface area (Å²) in [4.78, 5) is 20.0. The number of halogens is 3. The zero-order valence-electron chi connectivity index (χ0n) is 20.6. The Morgan fingerprint density at radius 2 is 1.95 bits per heavy atom. The van der Waals surface area contributed by atoms with Gasteiger partial charge in [-0.3, -0.25) is 14.1 Å². The number of nitrogens with zero attached hydrogens (tertiary/aromatic N) is 3. The molecular weight excluding hydrogens is 481 g/mol. The number of hydrogen-bond acceptors (Lipinski definition) is 4. The fourth-order valence-corrected chi connectivity index (χ4v) is 5.58. The number of ether oxygens (including phenoxy) is 1. The average molecular weight is 511 g/mol. The summed E-state index contributed by atoms with van der Waals surface area (Å²) in [7, 11) is 0. The molecule has 0 bridgehead atoms. The number of alkyl halides is 1. The lowest BCUT2D eigenvalue weighted by Crippen LogP contribution is -2.49. The molecule has 1 fully saturated rings. The predicted octanol–water partition coefficient (Wildman–Crippen LogP) is 4.89. The second-order valence-corrected chi connectivity index (χ2v) is 9.91. The van der Waals surface area contributed by atoms with Gasteiger partial charge in [0.2, 0.25) is 5.91 Å². The first-order valence-corrected chi connectivity index (χ1v) is 12.6. The molecule has 1 aromatic heterocycles. The predicted molar refractivity (Wildman–Crippen MR) is 133 cm³/mol. The van der Waals surface area contributed by atoms with Crippen molar-refractivity contribution < 1.29 is 22.7 Å². The molecule has 1 saturated heterocycles. The first-order chi connectivity index (χ1) is 17.9. The van der Waals surface area contributed by atoms with Gasteiger partial charge < -0.3 is 14.6 Å². The van der Waals surface area contributed by atoms with Crippen LogP contribution >= 0.6 is 0 Å². The van der Waals surface area contributed by atoms with Crippen LogP contribution in [0.3, 0.4) is 0 Å². The molecule has 5 rings (SSSR count). The Morgan fingerprint density at radius 1 is 1.22 bits per heavy atom. The van der Waals surface area contributed by atoms with Gasteiger partial charge in [-0.1, -0.05) is 18.2 Å². The van der Waals surface area contributed by atoms with E-state index in [2.05, 4.69) is 4.98 Å². The lowest BCUT2D eigenvalue weighted by Gasteiger charge is -2.41. The van der Waals surface area contributed by atoms with Gasteiger partial charge >= 0.3 is 0 Å². The third kappa shape index (κ3) is 4.78. The summed E-state index contributed by atoms with van der Waals surface area (Å²) in [5.41, 5.74) is 2.11. The minimum Gasteiger partial charge on any atom is -0.492 e. The minimum absolute atomic E-state index is 0.0230. The van der Waals surface area contributed by atoms with Gasteiger partial charge in [0.1, 0.15) is 30.0 Å². The Balaban J connectivity index is 1.47. The SMILES string of the molecule is C[C@@H]1Cc2c([nH]c3ccccc23)[C@@H](c2c(F)cc(OCCN3CC(CF)C3)cc2F)N1C(=O)CCC#N. The summed E-state index contributed by atoms with van der Waals surface area (Å²) in [6, 6.07) is 10.6. The third-order valence-corrected chi connectivity index (χ3v) is 7.36. The maximum Gasteiger partial charge on any atom is 0.224 e. The highest BCUT2D eigenvalue weighted by atomic mass is 19.1. The van der Waals surface area contributed by atoms with Gasteiger partial charge in [-0.25, -0.2) is 8.78 Å². The molecule has 2 aliphatic heterocycles. The van der Waals surface area contributed by atoms with E-state index in [0.29, 0.717) is 31.7 Å². The molecular formula is C28H29F3N4O2. The molecule has 2 aliphatic rings. The van der Waals surface area contributed by atoms with Crippen molar-refractivity contribution >= 4 is 16.8 Å². The summed E-state index contributed by atoms with van der Waals surface area (Å²) < 4.78 is 49.5. The Kier molecular flexibility index (Phi) is 7.11.